The Hall–Kier alpha value is -2.52. The molecule has 2 aromatic carbocycles. The van der Waals surface area contributed by atoms with Crippen LogP contribution in [0.5, 0.6) is 0 Å². The van der Waals surface area contributed by atoms with Crippen LogP contribution in [0.15, 0.2) is 48.5 Å². The monoisotopic (exact) mass is 421 g/mol. The third-order valence-electron chi connectivity index (χ3n) is 5.34. The van der Waals surface area contributed by atoms with Gasteiger partial charge in [-0.15, -0.1) is 0 Å². The minimum absolute atomic E-state index is 0.0269. The number of anilines is 1. The molecule has 0 radical (unpaired) electrons. The van der Waals surface area contributed by atoms with Crippen LogP contribution in [0.25, 0.3) is 0 Å². The highest BCUT2D eigenvalue weighted by Gasteiger charge is 2.52. The lowest BCUT2D eigenvalue weighted by atomic mass is 9.77. The quantitative estimate of drug-likeness (QED) is 0.724. The molecule has 1 amide bonds. The van der Waals surface area contributed by atoms with E-state index >= 15 is 0 Å². The molecule has 2 aromatic rings. The summed E-state index contributed by atoms with van der Waals surface area (Å²) in [5.41, 5.74) is -1.39. The van der Waals surface area contributed by atoms with Gasteiger partial charge in [0.15, 0.2) is 0 Å². The first-order chi connectivity index (χ1) is 13.9. The zero-order chi connectivity index (χ0) is 22.2. The van der Waals surface area contributed by atoms with Crippen LogP contribution in [0.2, 0.25) is 0 Å². The van der Waals surface area contributed by atoms with Crippen molar-refractivity contribution in [3.8, 4) is 0 Å². The van der Waals surface area contributed by atoms with E-state index in [2.05, 4.69) is 5.32 Å². The minimum atomic E-state index is -4.55. The standard InChI is InChI=1S/C21H23BF3NO4/c1-19(2)20(3,4)30-22(29-19)16-12-15(21(23,24)25)10-11-17(16)26-18(27)28-13-14-8-6-5-7-9-14/h5-12H,13H2,1-4H3,(H,26,27). The molecule has 1 N–H and O–H groups in total. The summed E-state index contributed by atoms with van der Waals surface area (Å²) < 4.78 is 56.8. The molecule has 1 aliphatic rings. The van der Waals surface area contributed by atoms with Crippen LogP contribution in [-0.2, 0) is 26.8 Å². The van der Waals surface area contributed by atoms with Gasteiger partial charge in [-0.2, -0.15) is 13.2 Å². The fourth-order valence-corrected chi connectivity index (χ4v) is 2.89. The van der Waals surface area contributed by atoms with Crippen LogP contribution in [-0.4, -0.2) is 24.4 Å². The van der Waals surface area contributed by atoms with Gasteiger partial charge in [0.2, 0.25) is 0 Å². The molecule has 5 nitrogen and oxygen atoms in total. The molecule has 1 fully saturated rings. The number of rotatable bonds is 4. The molecule has 0 bridgehead atoms. The summed E-state index contributed by atoms with van der Waals surface area (Å²) in [4.78, 5) is 12.3. The highest BCUT2D eigenvalue weighted by molar-refractivity contribution is 6.64. The van der Waals surface area contributed by atoms with Gasteiger partial charge in [-0.1, -0.05) is 30.3 Å². The first-order valence-corrected chi connectivity index (χ1v) is 9.43. The third-order valence-corrected chi connectivity index (χ3v) is 5.34. The average Bonchev–Trinajstić information content (AvgIpc) is 2.87. The Morgan fingerprint density at radius 2 is 1.63 bits per heavy atom. The predicted octanol–water partition coefficient (Wildman–Crippen LogP) is 4.75. The number of carbonyl (C=O) groups excluding carboxylic acids is 1. The Morgan fingerprint density at radius 1 is 1.03 bits per heavy atom. The second-order valence-corrected chi connectivity index (χ2v) is 8.07. The van der Waals surface area contributed by atoms with E-state index in [0.717, 1.165) is 17.7 Å². The van der Waals surface area contributed by atoms with Gasteiger partial charge in [0, 0.05) is 11.2 Å². The number of halogens is 3. The zero-order valence-corrected chi connectivity index (χ0v) is 17.2. The van der Waals surface area contributed by atoms with E-state index in [4.69, 9.17) is 14.0 Å². The van der Waals surface area contributed by atoms with Crippen LogP contribution in [0.1, 0.15) is 38.8 Å². The molecule has 0 aromatic heterocycles. The SMILES string of the molecule is CC1(C)OB(c2cc(C(F)(F)F)ccc2NC(=O)OCc2ccccc2)OC1(C)C. The Balaban J connectivity index is 1.84. The molecule has 9 heteroatoms. The molecule has 0 atom stereocenters. The Labute approximate surface area is 173 Å². The number of carbonyl (C=O) groups is 1. The van der Waals surface area contributed by atoms with Gasteiger partial charge in [-0.25, -0.2) is 4.79 Å². The first kappa shape index (κ1) is 22.2. The van der Waals surface area contributed by atoms with E-state index in [0.29, 0.717) is 0 Å². The maximum absolute atomic E-state index is 13.3. The molecule has 1 aliphatic heterocycles. The summed E-state index contributed by atoms with van der Waals surface area (Å²) in [5.74, 6) is 0. The Bertz CT molecular complexity index is 900. The van der Waals surface area contributed by atoms with Gasteiger partial charge in [0.05, 0.1) is 16.8 Å². The number of amides is 1. The van der Waals surface area contributed by atoms with Crippen molar-refractivity contribution in [2.24, 2.45) is 0 Å². The molecule has 0 unspecified atom stereocenters. The van der Waals surface area contributed by atoms with Gasteiger partial charge in [0.25, 0.3) is 0 Å². The Kier molecular flexibility index (Phi) is 5.88. The number of benzene rings is 2. The van der Waals surface area contributed by atoms with Crippen molar-refractivity contribution in [1.82, 2.24) is 0 Å². The van der Waals surface area contributed by atoms with Crippen molar-refractivity contribution in [2.75, 3.05) is 5.32 Å². The molecule has 1 heterocycles. The minimum Gasteiger partial charge on any atom is -0.444 e. The first-order valence-electron chi connectivity index (χ1n) is 9.43. The van der Waals surface area contributed by atoms with Crippen LogP contribution in [0.4, 0.5) is 23.7 Å². The van der Waals surface area contributed by atoms with Crippen molar-refractivity contribution in [3.05, 3.63) is 59.7 Å². The van der Waals surface area contributed by atoms with E-state index < -0.39 is 36.2 Å². The van der Waals surface area contributed by atoms with Gasteiger partial charge < -0.3 is 14.0 Å². The number of nitrogens with one attached hydrogen (secondary N) is 1. The second-order valence-electron chi connectivity index (χ2n) is 8.07. The summed E-state index contributed by atoms with van der Waals surface area (Å²) in [6.45, 7) is 7.20. The maximum Gasteiger partial charge on any atom is 0.496 e. The van der Waals surface area contributed by atoms with Crippen LogP contribution < -0.4 is 10.8 Å². The highest BCUT2D eigenvalue weighted by Crippen LogP contribution is 2.38. The van der Waals surface area contributed by atoms with Crippen molar-refractivity contribution < 1.29 is 32.0 Å². The molecule has 1 saturated heterocycles. The average molecular weight is 421 g/mol. The molecule has 0 saturated carbocycles. The molecule has 160 valence electrons. The topological polar surface area (TPSA) is 56.8 Å². The second kappa shape index (κ2) is 7.96. The number of alkyl halides is 3. The number of hydrogen-bond acceptors (Lipinski definition) is 4. The third kappa shape index (κ3) is 4.79. The normalized spacial score (nSPS) is 17.6. The van der Waals surface area contributed by atoms with E-state index in [9.17, 15) is 18.0 Å². The van der Waals surface area contributed by atoms with Crippen molar-refractivity contribution in [1.29, 1.82) is 0 Å². The van der Waals surface area contributed by atoms with E-state index in [1.54, 1.807) is 39.8 Å². The molecular formula is C21H23BF3NO4. The summed E-state index contributed by atoms with van der Waals surface area (Å²) in [5, 5.41) is 2.50. The Morgan fingerprint density at radius 3 is 2.20 bits per heavy atom. The van der Waals surface area contributed by atoms with Crippen molar-refractivity contribution in [2.45, 2.75) is 51.7 Å². The van der Waals surface area contributed by atoms with Crippen LogP contribution in [0.3, 0.4) is 0 Å². The summed E-state index contributed by atoms with van der Waals surface area (Å²) in [6.07, 6.45) is -5.35. The van der Waals surface area contributed by atoms with Crippen molar-refractivity contribution in [3.63, 3.8) is 0 Å². The fourth-order valence-electron chi connectivity index (χ4n) is 2.89. The molecule has 0 spiro atoms. The number of ether oxygens (including phenoxy) is 1. The summed E-state index contributed by atoms with van der Waals surface area (Å²) in [6, 6.07) is 12.0. The smallest absolute Gasteiger partial charge is 0.444 e. The van der Waals surface area contributed by atoms with Gasteiger partial charge in [-0.05, 0) is 51.5 Å². The molecular weight excluding hydrogens is 398 g/mol. The van der Waals surface area contributed by atoms with E-state index in [1.165, 1.54) is 6.07 Å². The lowest BCUT2D eigenvalue weighted by Crippen LogP contribution is -2.41. The lowest BCUT2D eigenvalue weighted by Gasteiger charge is -2.32. The summed E-state index contributed by atoms with van der Waals surface area (Å²) in [7, 11) is -1.08. The highest BCUT2D eigenvalue weighted by atomic mass is 19.4. The van der Waals surface area contributed by atoms with E-state index in [1.807, 2.05) is 18.2 Å². The fraction of sp³-hybridized carbons (Fsp3) is 0.381. The summed E-state index contributed by atoms with van der Waals surface area (Å²) >= 11 is 0. The van der Waals surface area contributed by atoms with E-state index in [-0.39, 0.29) is 17.8 Å². The van der Waals surface area contributed by atoms with Gasteiger partial charge in [0.1, 0.15) is 6.61 Å². The molecule has 3 rings (SSSR count). The molecule has 30 heavy (non-hydrogen) atoms. The van der Waals surface area contributed by atoms with Gasteiger partial charge in [-0.3, -0.25) is 5.32 Å². The van der Waals surface area contributed by atoms with Crippen LogP contribution in [0, 0.1) is 0 Å². The van der Waals surface area contributed by atoms with Crippen LogP contribution >= 0.6 is 0 Å². The largest absolute Gasteiger partial charge is 0.496 e. The van der Waals surface area contributed by atoms with Crippen molar-refractivity contribution >= 4 is 24.4 Å². The maximum atomic E-state index is 13.3. The molecule has 0 aliphatic carbocycles. The predicted molar refractivity (Wildman–Crippen MR) is 107 cm³/mol. The van der Waals surface area contributed by atoms with Gasteiger partial charge >= 0.3 is 19.4 Å². The lowest BCUT2D eigenvalue weighted by molar-refractivity contribution is -0.137. The zero-order valence-electron chi connectivity index (χ0n) is 17.2. The number of hydrogen-bond donors (Lipinski definition) is 1.